The van der Waals surface area contributed by atoms with Crippen molar-refractivity contribution in [3.05, 3.63) is 35.5 Å². The molecule has 0 amide bonds. The standard InChI is InChI=1S/C20H26O6/c1-6-10(2)18(22)25-15-9-20(5)16(26-20)8-13(21)11(3)7-14-17(15)12(4)19(23)24-14/h6-7,13-17,21H,4,8-9H2,1-3,5H3/t13?,14-,15?,16?,17+,20-/m1/s1. The van der Waals surface area contributed by atoms with Crippen LogP contribution >= 0.6 is 0 Å². The molecule has 0 aromatic carbocycles. The van der Waals surface area contributed by atoms with Crippen molar-refractivity contribution in [1.29, 1.82) is 0 Å². The Hall–Kier alpha value is -1.92. The summed E-state index contributed by atoms with van der Waals surface area (Å²) in [5, 5.41) is 10.4. The summed E-state index contributed by atoms with van der Waals surface area (Å²) >= 11 is 0. The predicted octanol–water partition coefficient (Wildman–Crippen LogP) is 2.22. The van der Waals surface area contributed by atoms with Crippen LogP contribution in [0.5, 0.6) is 0 Å². The van der Waals surface area contributed by atoms with Crippen LogP contribution in [0, 0.1) is 5.92 Å². The van der Waals surface area contributed by atoms with Crippen LogP contribution in [-0.2, 0) is 23.8 Å². The highest BCUT2D eigenvalue weighted by atomic mass is 16.6. The van der Waals surface area contributed by atoms with Crippen molar-refractivity contribution in [2.24, 2.45) is 5.92 Å². The molecule has 26 heavy (non-hydrogen) atoms. The molecule has 0 aromatic rings. The highest BCUT2D eigenvalue weighted by Gasteiger charge is 2.57. The van der Waals surface area contributed by atoms with Crippen LogP contribution in [-0.4, -0.2) is 47.1 Å². The number of carbonyl (C=O) groups is 2. The molecule has 0 radical (unpaired) electrons. The molecule has 1 aliphatic carbocycles. The quantitative estimate of drug-likeness (QED) is 0.351. The number of hydrogen-bond acceptors (Lipinski definition) is 6. The molecule has 6 heteroatoms. The minimum Gasteiger partial charge on any atom is -0.458 e. The molecular weight excluding hydrogens is 336 g/mol. The molecular formula is C20H26O6. The number of epoxide rings is 1. The number of allylic oxidation sites excluding steroid dienone is 1. The third-order valence-corrected chi connectivity index (χ3v) is 5.71. The van der Waals surface area contributed by atoms with E-state index >= 15 is 0 Å². The second-order valence-electron chi connectivity index (χ2n) is 7.62. The van der Waals surface area contributed by atoms with Crippen molar-refractivity contribution < 1.29 is 28.9 Å². The largest absolute Gasteiger partial charge is 0.458 e. The second-order valence-corrected chi connectivity index (χ2v) is 7.62. The molecule has 3 aliphatic rings. The third-order valence-electron chi connectivity index (χ3n) is 5.71. The number of aliphatic hydroxyl groups is 1. The van der Waals surface area contributed by atoms with Crippen LogP contribution < -0.4 is 0 Å². The summed E-state index contributed by atoms with van der Waals surface area (Å²) < 4.78 is 17.0. The van der Waals surface area contributed by atoms with Crippen LogP contribution in [0.1, 0.15) is 40.5 Å². The minimum absolute atomic E-state index is 0.118. The number of rotatable bonds is 2. The molecule has 3 unspecified atom stereocenters. The van der Waals surface area contributed by atoms with E-state index in [9.17, 15) is 14.7 Å². The summed E-state index contributed by atoms with van der Waals surface area (Å²) in [7, 11) is 0. The van der Waals surface area contributed by atoms with E-state index in [1.54, 1.807) is 32.9 Å². The average Bonchev–Trinajstić information content (AvgIpc) is 3.11. The summed E-state index contributed by atoms with van der Waals surface area (Å²) in [6, 6.07) is 0. The van der Waals surface area contributed by atoms with Gasteiger partial charge in [-0.15, -0.1) is 0 Å². The zero-order chi connectivity index (χ0) is 19.2. The molecule has 2 saturated heterocycles. The van der Waals surface area contributed by atoms with Crippen LogP contribution in [0.15, 0.2) is 35.5 Å². The van der Waals surface area contributed by atoms with Gasteiger partial charge in [-0.3, -0.25) is 0 Å². The van der Waals surface area contributed by atoms with E-state index in [1.807, 2.05) is 6.92 Å². The molecule has 6 atom stereocenters. The SMILES string of the molecule is C=C1C(=O)O[C@@H]2C=C(C)C(O)CC3O[C@]3(C)CC(OC(=O)C(C)=CC)[C@@H]12. The number of fused-ring (bicyclic) bond motifs is 2. The smallest absolute Gasteiger partial charge is 0.334 e. The molecule has 142 valence electrons. The summed E-state index contributed by atoms with van der Waals surface area (Å²) in [6.45, 7) is 11.0. The van der Waals surface area contributed by atoms with E-state index in [4.69, 9.17) is 14.2 Å². The van der Waals surface area contributed by atoms with Gasteiger partial charge in [0, 0.05) is 24.0 Å². The Kier molecular flexibility index (Phi) is 4.84. The van der Waals surface area contributed by atoms with Crippen molar-refractivity contribution in [2.45, 2.75) is 70.6 Å². The van der Waals surface area contributed by atoms with Gasteiger partial charge < -0.3 is 19.3 Å². The van der Waals surface area contributed by atoms with Crippen LogP contribution in [0.2, 0.25) is 0 Å². The zero-order valence-corrected chi connectivity index (χ0v) is 15.7. The lowest BCUT2D eigenvalue weighted by Crippen LogP contribution is -2.37. The summed E-state index contributed by atoms with van der Waals surface area (Å²) in [5.41, 5.74) is 0.974. The first-order valence-electron chi connectivity index (χ1n) is 8.94. The lowest BCUT2D eigenvalue weighted by molar-refractivity contribution is -0.148. The number of hydrogen-bond donors (Lipinski definition) is 1. The third kappa shape index (κ3) is 3.35. The zero-order valence-electron chi connectivity index (χ0n) is 15.7. The topological polar surface area (TPSA) is 85.4 Å². The van der Waals surface area contributed by atoms with Gasteiger partial charge in [-0.1, -0.05) is 12.7 Å². The van der Waals surface area contributed by atoms with Crippen molar-refractivity contribution in [1.82, 2.24) is 0 Å². The fourth-order valence-corrected chi connectivity index (χ4v) is 3.70. The summed E-state index contributed by atoms with van der Waals surface area (Å²) in [4.78, 5) is 24.5. The summed E-state index contributed by atoms with van der Waals surface area (Å²) in [5.74, 6) is -1.43. The number of ether oxygens (including phenoxy) is 3. The Morgan fingerprint density at radius 3 is 2.85 bits per heavy atom. The van der Waals surface area contributed by atoms with Crippen LogP contribution in [0.3, 0.4) is 0 Å². The van der Waals surface area contributed by atoms with Gasteiger partial charge in [0.1, 0.15) is 12.2 Å². The predicted molar refractivity (Wildman–Crippen MR) is 94.1 cm³/mol. The molecule has 2 heterocycles. The van der Waals surface area contributed by atoms with Gasteiger partial charge >= 0.3 is 11.9 Å². The number of aliphatic hydroxyl groups excluding tert-OH is 1. The molecule has 1 N–H and O–H groups in total. The lowest BCUT2D eigenvalue weighted by Gasteiger charge is -2.29. The molecule has 6 nitrogen and oxygen atoms in total. The monoisotopic (exact) mass is 362 g/mol. The highest BCUT2D eigenvalue weighted by molar-refractivity contribution is 5.92. The van der Waals surface area contributed by atoms with Crippen molar-refractivity contribution in [2.75, 3.05) is 0 Å². The number of carbonyl (C=O) groups excluding carboxylic acids is 2. The van der Waals surface area contributed by atoms with Gasteiger partial charge in [-0.05, 0) is 39.3 Å². The molecule has 0 aromatic heterocycles. The van der Waals surface area contributed by atoms with Gasteiger partial charge in [0.2, 0.25) is 0 Å². The summed E-state index contributed by atoms with van der Waals surface area (Å²) in [6.07, 6.45) is 2.29. The van der Waals surface area contributed by atoms with Crippen LogP contribution in [0.25, 0.3) is 0 Å². The fraction of sp³-hybridized carbons (Fsp3) is 0.600. The van der Waals surface area contributed by atoms with Crippen molar-refractivity contribution >= 4 is 11.9 Å². The van der Waals surface area contributed by atoms with Gasteiger partial charge in [-0.25, -0.2) is 9.59 Å². The molecule has 0 spiro atoms. The van der Waals surface area contributed by atoms with Gasteiger partial charge in [0.15, 0.2) is 0 Å². The van der Waals surface area contributed by atoms with Gasteiger partial charge in [-0.2, -0.15) is 0 Å². The second kappa shape index (κ2) is 6.67. The molecule has 0 bridgehead atoms. The molecule has 0 saturated carbocycles. The fourth-order valence-electron chi connectivity index (χ4n) is 3.70. The van der Waals surface area contributed by atoms with Crippen molar-refractivity contribution in [3.63, 3.8) is 0 Å². The lowest BCUT2D eigenvalue weighted by atomic mass is 9.82. The van der Waals surface area contributed by atoms with Crippen LogP contribution in [0.4, 0.5) is 0 Å². The first-order chi connectivity index (χ1) is 12.2. The first-order valence-corrected chi connectivity index (χ1v) is 8.94. The van der Waals surface area contributed by atoms with Gasteiger partial charge in [0.25, 0.3) is 0 Å². The van der Waals surface area contributed by atoms with E-state index in [0.29, 0.717) is 24.0 Å². The van der Waals surface area contributed by atoms with E-state index < -0.39 is 41.8 Å². The van der Waals surface area contributed by atoms with E-state index in [1.165, 1.54) is 0 Å². The molecule has 2 aliphatic heterocycles. The Balaban J connectivity index is 1.98. The van der Waals surface area contributed by atoms with E-state index in [2.05, 4.69) is 6.58 Å². The Labute approximate surface area is 153 Å². The Bertz CT molecular complexity index is 705. The van der Waals surface area contributed by atoms with Crippen molar-refractivity contribution in [3.8, 4) is 0 Å². The van der Waals surface area contributed by atoms with E-state index in [-0.39, 0.29) is 11.7 Å². The van der Waals surface area contributed by atoms with E-state index in [0.717, 1.165) is 0 Å². The Morgan fingerprint density at radius 1 is 1.50 bits per heavy atom. The minimum atomic E-state index is -0.667. The van der Waals surface area contributed by atoms with Gasteiger partial charge in [0.05, 0.1) is 23.7 Å². The molecule has 3 rings (SSSR count). The number of esters is 2. The Morgan fingerprint density at radius 2 is 2.19 bits per heavy atom. The molecule has 2 fully saturated rings. The maximum atomic E-state index is 12.4. The first kappa shape index (κ1) is 18.9. The average molecular weight is 362 g/mol. The normalized spacial score (nSPS) is 40.1. The maximum absolute atomic E-state index is 12.4. The highest BCUT2D eigenvalue weighted by Crippen LogP contribution is 2.47. The maximum Gasteiger partial charge on any atom is 0.334 e.